The van der Waals surface area contributed by atoms with Gasteiger partial charge in [-0.3, -0.25) is 9.89 Å². The average molecular weight is 369 g/mol. The van der Waals surface area contributed by atoms with Crippen LogP contribution in [0.3, 0.4) is 0 Å². The van der Waals surface area contributed by atoms with Gasteiger partial charge >= 0.3 is 0 Å². The van der Waals surface area contributed by atoms with Crippen molar-refractivity contribution in [3.63, 3.8) is 0 Å². The van der Waals surface area contributed by atoms with Gasteiger partial charge in [0.2, 0.25) is 0 Å². The van der Waals surface area contributed by atoms with E-state index >= 15 is 0 Å². The summed E-state index contributed by atoms with van der Waals surface area (Å²) in [4.78, 5) is 19.0. The summed E-state index contributed by atoms with van der Waals surface area (Å²) < 4.78 is 0. The third-order valence-corrected chi connectivity index (χ3v) is 4.99. The molecule has 0 saturated carbocycles. The van der Waals surface area contributed by atoms with Gasteiger partial charge in [0.15, 0.2) is 5.82 Å². The summed E-state index contributed by atoms with van der Waals surface area (Å²) in [5.41, 5.74) is 2.16. The molecule has 0 unspecified atom stereocenters. The highest BCUT2D eigenvalue weighted by atomic mass is 35.5. The molecule has 3 heterocycles. The number of benzene rings is 1. The first-order valence-electron chi connectivity index (χ1n) is 7.58. The highest BCUT2D eigenvalue weighted by Crippen LogP contribution is 2.27. The lowest BCUT2D eigenvalue weighted by atomic mass is 10.1. The van der Waals surface area contributed by atoms with Gasteiger partial charge in [0, 0.05) is 21.9 Å². The molecule has 0 fully saturated rings. The number of carbonyl (C=O) groups is 1. The maximum atomic E-state index is 12.5. The van der Waals surface area contributed by atoms with Crippen molar-refractivity contribution in [3.05, 3.63) is 64.1 Å². The van der Waals surface area contributed by atoms with Crippen molar-refractivity contribution in [1.82, 2.24) is 15.2 Å². The van der Waals surface area contributed by atoms with Crippen molar-refractivity contribution >= 4 is 45.6 Å². The van der Waals surface area contributed by atoms with Crippen molar-refractivity contribution in [2.45, 2.75) is 6.92 Å². The van der Waals surface area contributed by atoms with Gasteiger partial charge < -0.3 is 5.32 Å². The Labute approximate surface area is 152 Å². The van der Waals surface area contributed by atoms with Crippen LogP contribution in [-0.4, -0.2) is 21.1 Å². The molecular formula is C18H13ClN4OS. The Morgan fingerprint density at radius 1 is 1.16 bits per heavy atom. The number of hydrogen-bond acceptors (Lipinski definition) is 4. The first kappa shape index (κ1) is 15.8. The normalized spacial score (nSPS) is 11.0. The number of amides is 1. The van der Waals surface area contributed by atoms with Crippen LogP contribution < -0.4 is 5.32 Å². The number of aromatic amines is 1. The first-order chi connectivity index (χ1) is 12.1. The first-order valence-corrected chi connectivity index (χ1v) is 8.78. The minimum Gasteiger partial charge on any atom is -0.305 e. The van der Waals surface area contributed by atoms with Crippen LogP contribution in [0.5, 0.6) is 0 Å². The molecular weight excluding hydrogens is 356 g/mol. The van der Waals surface area contributed by atoms with Crippen LogP contribution in [0.15, 0.2) is 48.5 Å². The van der Waals surface area contributed by atoms with Crippen molar-refractivity contribution < 1.29 is 4.79 Å². The van der Waals surface area contributed by atoms with Crippen LogP contribution in [0.2, 0.25) is 5.15 Å². The summed E-state index contributed by atoms with van der Waals surface area (Å²) in [5.74, 6) is 0.262. The smallest absolute Gasteiger partial charge is 0.256 e. The number of aromatic nitrogens is 3. The Balaban J connectivity index is 1.56. The number of rotatable bonds is 3. The Bertz CT molecular complexity index is 1090. The molecule has 124 valence electrons. The third-order valence-electron chi connectivity index (χ3n) is 3.74. The Morgan fingerprint density at radius 3 is 2.84 bits per heavy atom. The number of halogens is 1. The highest BCUT2D eigenvalue weighted by molar-refractivity contribution is 7.15. The average Bonchev–Trinajstić information content (AvgIpc) is 3.23. The molecule has 1 aromatic carbocycles. The van der Waals surface area contributed by atoms with Gasteiger partial charge in [-0.1, -0.05) is 11.6 Å². The number of hydrogen-bond donors (Lipinski definition) is 2. The van der Waals surface area contributed by atoms with E-state index in [1.165, 1.54) is 4.88 Å². The highest BCUT2D eigenvalue weighted by Gasteiger charge is 2.11. The summed E-state index contributed by atoms with van der Waals surface area (Å²) in [6.07, 6.45) is 0. The van der Waals surface area contributed by atoms with E-state index in [9.17, 15) is 4.79 Å². The van der Waals surface area contributed by atoms with Crippen LogP contribution in [0.25, 0.3) is 21.5 Å². The van der Waals surface area contributed by atoms with Gasteiger partial charge in [0.1, 0.15) is 5.15 Å². The van der Waals surface area contributed by atoms with Gasteiger partial charge in [-0.05, 0) is 49.4 Å². The van der Waals surface area contributed by atoms with Gasteiger partial charge in [-0.15, -0.1) is 11.3 Å². The minimum atomic E-state index is -0.225. The van der Waals surface area contributed by atoms with E-state index in [0.29, 0.717) is 16.5 Å². The van der Waals surface area contributed by atoms with Gasteiger partial charge in [-0.25, -0.2) is 4.98 Å². The Morgan fingerprint density at radius 2 is 2.04 bits per heavy atom. The molecule has 0 radical (unpaired) electrons. The summed E-state index contributed by atoms with van der Waals surface area (Å²) in [6, 6.07) is 14.7. The van der Waals surface area contributed by atoms with E-state index in [-0.39, 0.29) is 5.91 Å². The quantitative estimate of drug-likeness (QED) is 0.505. The van der Waals surface area contributed by atoms with E-state index < -0.39 is 0 Å². The molecule has 0 saturated heterocycles. The molecule has 4 aromatic rings. The molecule has 0 spiro atoms. The zero-order valence-electron chi connectivity index (χ0n) is 13.2. The van der Waals surface area contributed by atoms with Crippen molar-refractivity contribution in [2.24, 2.45) is 0 Å². The lowest BCUT2D eigenvalue weighted by molar-refractivity contribution is 0.102. The van der Waals surface area contributed by atoms with Gasteiger partial charge in [-0.2, -0.15) is 5.10 Å². The lowest BCUT2D eigenvalue weighted by Gasteiger charge is -2.04. The number of pyridine rings is 1. The van der Waals surface area contributed by atoms with Crippen LogP contribution in [0.1, 0.15) is 15.2 Å². The largest absolute Gasteiger partial charge is 0.305 e. The zero-order chi connectivity index (χ0) is 17.4. The van der Waals surface area contributed by atoms with E-state index in [0.717, 1.165) is 21.5 Å². The van der Waals surface area contributed by atoms with Crippen molar-refractivity contribution in [1.29, 1.82) is 0 Å². The second kappa shape index (κ2) is 6.31. The molecule has 1 amide bonds. The summed E-state index contributed by atoms with van der Waals surface area (Å²) >= 11 is 7.55. The minimum absolute atomic E-state index is 0.225. The third kappa shape index (κ3) is 3.26. The fourth-order valence-corrected chi connectivity index (χ4v) is 3.51. The van der Waals surface area contributed by atoms with E-state index in [4.69, 9.17) is 11.6 Å². The molecule has 5 nitrogen and oxygen atoms in total. The van der Waals surface area contributed by atoms with Gasteiger partial charge in [0.05, 0.1) is 16.1 Å². The molecule has 0 aliphatic heterocycles. The molecule has 0 aliphatic rings. The molecule has 4 rings (SSSR count). The number of thiophene rings is 1. The van der Waals surface area contributed by atoms with Crippen LogP contribution >= 0.6 is 22.9 Å². The Hall–Kier alpha value is -2.70. The number of nitrogens with zero attached hydrogens (tertiary/aromatic N) is 2. The molecule has 0 bridgehead atoms. The monoisotopic (exact) mass is 368 g/mol. The molecule has 0 atom stereocenters. The number of H-pyrrole nitrogens is 1. The molecule has 7 heteroatoms. The van der Waals surface area contributed by atoms with E-state index in [1.807, 2.05) is 18.2 Å². The standard InChI is InChI=1S/C18H13ClN4OS/c1-10-2-6-15(25-10)14-9-17(23-22-14)21-18(24)12-3-5-13-11(8-12)4-7-16(19)20-13/h2-9H,1H3,(H2,21,22,23,24). The molecule has 2 N–H and O–H groups in total. The molecule has 0 aliphatic carbocycles. The summed E-state index contributed by atoms with van der Waals surface area (Å²) in [7, 11) is 0. The lowest BCUT2D eigenvalue weighted by Crippen LogP contribution is -2.12. The maximum absolute atomic E-state index is 12.5. The van der Waals surface area contributed by atoms with Crippen molar-refractivity contribution in [2.75, 3.05) is 5.32 Å². The predicted molar refractivity (Wildman–Crippen MR) is 101 cm³/mol. The van der Waals surface area contributed by atoms with Crippen molar-refractivity contribution in [3.8, 4) is 10.6 Å². The fourth-order valence-electron chi connectivity index (χ4n) is 2.52. The number of nitrogens with one attached hydrogen (secondary N) is 2. The number of anilines is 1. The van der Waals surface area contributed by atoms with Crippen LogP contribution in [-0.2, 0) is 0 Å². The summed E-state index contributed by atoms with van der Waals surface area (Å²) in [6.45, 7) is 2.05. The molecule has 25 heavy (non-hydrogen) atoms. The topological polar surface area (TPSA) is 70.7 Å². The number of fused-ring (bicyclic) bond motifs is 1. The number of carbonyl (C=O) groups excluding carboxylic acids is 1. The summed E-state index contributed by atoms with van der Waals surface area (Å²) in [5, 5.41) is 11.2. The second-order valence-corrected chi connectivity index (χ2v) is 7.25. The van der Waals surface area contributed by atoms with E-state index in [2.05, 4.69) is 33.5 Å². The second-order valence-electron chi connectivity index (χ2n) is 5.57. The van der Waals surface area contributed by atoms with Gasteiger partial charge in [0.25, 0.3) is 5.91 Å². The van der Waals surface area contributed by atoms with Crippen LogP contribution in [0.4, 0.5) is 5.82 Å². The van der Waals surface area contributed by atoms with E-state index in [1.54, 1.807) is 35.6 Å². The fraction of sp³-hybridized carbons (Fsp3) is 0.0556. The Kier molecular flexibility index (Phi) is 3.99. The number of aryl methyl sites for hydroxylation is 1. The SMILES string of the molecule is Cc1ccc(-c2cc(NC(=O)c3ccc4nc(Cl)ccc4c3)n[nH]2)s1. The maximum Gasteiger partial charge on any atom is 0.256 e. The van der Waals surface area contributed by atoms with Crippen LogP contribution in [0, 0.1) is 6.92 Å². The zero-order valence-corrected chi connectivity index (χ0v) is 14.8. The predicted octanol–water partition coefficient (Wildman–Crippen LogP) is 4.90. The molecule has 3 aromatic heterocycles.